The Morgan fingerprint density at radius 2 is 1.42 bits per heavy atom. The summed E-state index contributed by atoms with van der Waals surface area (Å²) in [6, 6.07) is 30.0. The van der Waals surface area contributed by atoms with Gasteiger partial charge in [0, 0.05) is 30.3 Å². The van der Waals surface area contributed by atoms with E-state index in [9.17, 15) is 28.7 Å². The van der Waals surface area contributed by atoms with Crippen molar-refractivity contribution in [2.45, 2.75) is 71.4 Å². The van der Waals surface area contributed by atoms with E-state index >= 15 is 0 Å². The van der Waals surface area contributed by atoms with Gasteiger partial charge < -0.3 is 20.6 Å². The molecule has 9 heteroatoms. The number of aliphatic carboxylic acids is 1. The Morgan fingerprint density at radius 1 is 0.769 bits per heavy atom. The van der Waals surface area contributed by atoms with Crippen molar-refractivity contribution in [3.8, 4) is 11.1 Å². The van der Waals surface area contributed by atoms with Gasteiger partial charge in [-0.1, -0.05) is 93.1 Å². The Kier molecular flexibility index (Phi) is 13.3. The van der Waals surface area contributed by atoms with Crippen LogP contribution in [0.3, 0.4) is 0 Å². The number of carbonyl (C=O) groups excluding carboxylic acids is 3. The van der Waals surface area contributed by atoms with E-state index in [1.807, 2.05) is 80.6 Å². The van der Waals surface area contributed by atoms with Gasteiger partial charge in [0.05, 0.1) is 5.92 Å². The Morgan fingerprint density at radius 3 is 2.08 bits per heavy atom. The highest BCUT2D eigenvalue weighted by Gasteiger charge is 2.31. The summed E-state index contributed by atoms with van der Waals surface area (Å²) < 4.78 is 13.4. The maximum absolute atomic E-state index is 14.0. The van der Waals surface area contributed by atoms with Crippen LogP contribution in [0.4, 0.5) is 10.1 Å². The number of para-hydroxylation sites is 1. The predicted molar refractivity (Wildman–Crippen MR) is 201 cm³/mol. The number of carbonyl (C=O) groups is 4. The smallest absolute Gasteiger partial charge is 0.306 e. The molecule has 0 unspecified atom stereocenters. The van der Waals surface area contributed by atoms with E-state index in [1.165, 1.54) is 12.1 Å². The second-order valence-electron chi connectivity index (χ2n) is 14.1. The zero-order chi connectivity index (χ0) is 37.0. The number of fused-ring (bicyclic) bond motifs is 1. The van der Waals surface area contributed by atoms with Gasteiger partial charge in [-0.05, 0) is 97.0 Å². The molecule has 1 aliphatic heterocycles. The fraction of sp³-hybridized carbons (Fsp3) is 0.349. The fourth-order valence-electron chi connectivity index (χ4n) is 6.82. The lowest BCUT2D eigenvalue weighted by atomic mass is 9.86. The number of benzene rings is 4. The number of nitrogens with one attached hydrogen (secondary N) is 2. The molecule has 4 aromatic carbocycles. The van der Waals surface area contributed by atoms with Crippen LogP contribution in [0.25, 0.3) is 11.1 Å². The summed E-state index contributed by atoms with van der Waals surface area (Å²) in [4.78, 5) is 54.6. The summed E-state index contributed by atoms with van der Waals surface area (Å²) in [5.74, 6) is -3.25. The summed E-state index contributed by atoms with van der Waals surface area (Å²) in [5, 5.41) is 16.2. The summed E-state index contributed by atoms with van der Waals surface area (Å²) in [7, 11) is 0. The van der Waals surface area contributed by atoms with Crippen LogP contribution < -0.4 is 10.6 Å². The maximum Gasteiger partial charge on any atom is 0.306 e. The first-order valence-electron chi connectivity index (χ1n) is 18.2. The van der Waals surface area contributed by atoms with Gasteiger partial charge in [-0.2, -0.15) is 0 Å². The third-order valence-electron chi connectivity index (χ3n) is 9.71. The highest BCUT2D eigenvalue weighted by Crippen LogP contribution is 2.27. The van der Waals surface area contributed by atoms with Crippen molar-refractivity contribution >= 4 is 29.4 Å². The Hall–Kier alpha value is -5.31. The van der Waals surface area contributed by atoms with E-state index in [1.54, 1.807) is 29.2 Å². The monoisotopic (exact) mass is 705 g/mol. The number of halogens is 1. The van der Waals surface area contributed by atoms with Crippen LogP contribution in [0.2, 0.25) is 0 Å². The molecular weight excluding hydrogens is 657 g/mol. The second kappa shape index (κ2) is 18.3. The zero-order valence-electron chi connectivity index (χ0n) is 29.9. The number of rotatable bonds is 18. The van der Waals surface area contributed by atoms with Crippen molar-refractivity contribution in [2.24, 2.45) is 17.8 Å². The van der Waals surface area contributed by atoms with E-state index in [4.69, 9.17) is 0 Å². The van der Waals surface area contributed by atoms with E-state index in [0.717, 1.165) is 27.8 Å². The molecule has 1 heterocycles. The molecule has 0 radical (unpaired) electrons. The maximum atomic E-state index is 14.0. The van der Waals surface area contributed by atoms with Crippen molar-refractivity contribution < 1.29 is 28.7 Å². The standard InChI is InChI=1S/C43H48FN3O5/c1-29(2)26-39(41(49)45-37-12-4-3-5-13-37)46-40(48)33(20-17-30-15-18-31(19-16-30)32-21-23-36(44)24-22-32)27-34(43(51)52)10-8-9-25-47-28-35-11-6-7-14-38(35)42(47)50/h3-7,11-16,18-19,21-24,29,33-34,39H,8-10,17,20,25-28H2,1-2H3,(H,45,49)(H,46,48)(H,51,52)/t33-,34+,39+/m1/s1. The van der Waals surface area contributed by atoms with Crippen molar-refractivity contribution in [3.63, 3.8) is 0 Å². The summed E-state index contributed by atoms with van der Waals surface area (Å²) >= 11 is 0. The van der Waals surface area contributed by atoms with Gasteiger partial charge in [-0.25, -0.2) is 4.39 Å². The van der Waals surface area contributed by atoms with E-state index < -0.39 is 23.8 Å². The van der Waals surface area contributed by atoms with E-state index in [-0.39, 0.29) is 35.9 Å². The molecule has 0 saturated heterocycles. The molecule has 5 rings (SSSR count). The van der Waals surface area contributed by atoms with Gasteiger partial charge in [0.1, 0.15) is 11.9 Å². The number of carboxylic acid groups (broad SMARTS) is 1. The molecule has 0 fully saturated rings. The molecule has 272 valence electrons. The average Bonchev–Trinajstić information content (AvgIpc) is 3.46. The molecule has 3 atom stereocenters. The van der Waals surface area contributed by atoms with Crippen molar-refractivity contribution in [2.75, 3.05) is 11.9 Å². The molecule has 3 N–H and O–H groups in total. The van der Waals surface area contributed by atoms with Crippen LogP contribution in [0.1, 0.15) is 73.9 Å². The van der Waals surface area contributed by atoms with E-state index in [2.05, 4.69) is 10.6 Å². The topological polar surface area (TPSA) is 116 Å². The number of aryl methyl sites for hydroxylation is 1. The molecule has 0 spiro atoms. The third-order valence-corrected chi connectivity index (χ3v) is 9.71. The minimum atomic E-state index is -0.966. The van der Waals surface area contributed by atoms with Crippen molar-refractivity contribution in [3.05, 3.63) is 126 Å². The number of anilines is 1. The fourth-order valence-corrected chi connectivity index (χ4v) is 6.82. The molecule has 0 aliphatic carbocycles. The largest absolute Gasteiger partial charge is 0.481 e. The average molecular weight is 706 g/mol. The van der Waals surface area contributed by atoms with Crippen LogP contribution >= 0.6 is 0 Å². The first-order valence-corrected chi connectivity index (χ1v) is 18.2. The van der Waals surface area contributed by atoms with Gasteiger partial charge >= 0.3 is 5.97 Å². The predicted octanol–water partition coefficient (Wildman–Crippen LogP) is 8.13. The molecule has 4 aromatic rings. The van der Waals surface area contributed by atoms with Gasteiger partial charge in [0.15, 0.2) is 0 Å². The van der Waals surface area contributed by atoms with Gasteiger partial charge in [-0.3, -0.25) is 19.2 Å². The van der Waals surface area contributed by atoms with Crippen LogP contribution in [0, 0.1) is 23.6 Å². The Labute approximate surface area is 305 Å². The van der Waals surface area contributed by atoms with Crippen LogP contribution in [-0.2, 0) is 27.3 Å². The highest BCUT2D eigenvalue weighted by atomic mass is 19.1. The van der Waals surface area contributed by atoms with E-state index in [0.29, 0.717) is 57.3 Å². The molecule has 52 heavy (non-hydrogen) atoms. The molecule has 1 aliphatic rings. The first kappa shape index (κ1) is 37.9. The van der Waals surface area contributed by atoms with Gasteiger partial charge in [0.2, 0.25) is 11.8 Å². The lowest BCUT2D eigenvalue weighted by Gasteiger charge is -2.25. The molecule has 0 aromatic heterocycles. The summed E-state index contributed by atoms with van der Waals surface area (Å²) in [6.07, 6.45) is 3.06. The minimum absolute atomic E-state index is 0.0000659. The number of hydrogen-bond acceptors (Lipinski definition) is 4. The van der Waals surface area contributed by atoms with Crippen LogP contribution in [-0.4, -0.2) is 46.3 Å². The number of unbranched alkanes of at least 4 members (excludes halogenated alkanes) is 1. The normalized spacial score (nSPS) is 14.1. The molecule has 3 amide bonds. The van der Waals surface area contributed by atoms with Crippen molar-refractivity contribution in [1.29, 1.82) is 0 Å². The number of amides is 3. The molecule has 0 bridgehead atoms. The highest BCUT2D eigenvalue weighted by molar-refractivity contribution is 5.98. The third kappa shape index (κ3) is 10.6. The lowest BCUT2D eigenvalue weighted by Crippen LogP contribution is -2.47. The SMILES string of the molecule is CC(C)C[C@H](NC(=O)[C@H](CCc1ccc(-c2ccc(F)cc2)cc1)C[C@H](CCCCN1Cc2ccccc2C1=O)C(=O)O)C(=O)Nc1ccccc1. The lowest BCUT2D eigenvalue weighted by molar-refractivity contribution is -0.143. The second-order valence-corrected chi connectivity index (χ2v) is 14.1. The van der Waals surface area contributed by atoms with Gasteiger partial charge in [0.25, 0.3) is 5.91 Å². The Balaban J connectivity index is 1.26. The number of hydrogen-bond donors (Lipinski definition) is 3. The van der Waals surface area contributed by atoms with Crippen molar-refractivity contribution in [1.82, 2.24) is 10.2 Å². The first-order chi connectivity index (χ1) is 25.1. The minimum Gasteiger partial charge on any atom is -0.481 e. The summed E-state index contributed by atoms with van der Waals surface area (Å²) in [5.41, 5.74) is 5.15. The Bertz CT molecular complexity index is 1810. The summed E-state index contributed by atoms with van der Waals surface area (Å²) in [6.45, 7) is 5.05. The number of nitrogens with zero attached hydrogens (tertiary/aromatic N) is 1. The molecule has 8 nitrogen and oxygen atoms in total. The quantitative estimate of drug-likeness (QED) is 0.0905. The van der Waals surface area contributed by atoms with Gasteiger partial charge in [-0.15, -0.1) is 0 Å². The van der Waals surface area contributed by atoms with Crippen LogP contribution in [0.15, 0.2) is 103 Å². The van der Waals surface area contributed by atoms with Crippen LogP contribution in [0.5, 0.6) is 0 Å². The number of carboxylic acids is 1. The molecule has 0 saturated carbocycles. The molecular formula is C43H48FN3O5. The zero-order valence-corrected chi connectivity index (χ0v) is 29.9.